The molecule has 1 aliphatic heterocycles. The van der Waals surface area contributed by atoms with Crippen molar-refractivity contribution in [2.24, 2.45) is 0 Å². The summed E-state index contributed by atoms with van der Waals surface area (Å²) < 4.78 is 52.8. The van der Waals surface area contributed by atoms with Crippen LogP contribution in [0.4, 0.5) is 0 Å². The third-order valence-corrected chi connectivity index (χ3v) is 8.65. The lowest BCUT2D eigenvalue weighted by molar-refractivity contribution is -0.178. The quantitative estimate of drug-likeness (QED) is 0.0440. The van der Waals surface area contributed by atoms with Crippen molar-refractivity contribution in [3.63, 3.8) is 0 Å². The van der Waals surface area contributed by atoms with Gasteiger partial charge in [-0.15, -0.1) is 0 Å². The van der Waals surface area contributed by atoms with Gasteiger partial charge in [-0.05, 0) is 44.1 Å². The predicted octanol–water partition coefficient (Wildman–Crippen LogP) is 7.35. The highest BCUT2D eigenvalue weighted by Gasteiger charge is 2.37. The van der Waals surface area contributed by atoms with E-state index in [-0.39, 0.29) is 63.8 Å². The molecule has 0 aliphatic carbocycles. The fourth-order valence-corrected chi connectivity index (χ4v) is 6.12. The number of methoxy groups -OCH3 is 3. The first-order chi connectivity index (χ1) is 23.2. The van der Waals surface area contributed by atoms with Crippen molar-refractivity contribution < 1.29 is 47.4 Å². The summed E-state index contributed by atoms with van der Waals surface area (Å²) in [6.07, 6.45) is 14.9. The van der Waals surface area contributed by atoms with E-state index in [1.807, 2.05) is 30.3 Å². The van der Waals surface area contributed by atoms with E-state index in [1.165, 1.54) is 44.9 Å². The van der Waals surface area contributed by atoms with Gasteiger partial charge in [0.05, 0.1) is 43.2 Å². The van der Waals surface area contributed by atoms with Gasteiger partial charge in [0, 0.05) is 27.8 Å². The molecule has 272 valence electrons. The van der Waals surface area contributed by atoms with E-state index in [2.05, 4.69) is 6.92 Å². The van der Waals surface area contributed by atoms with Gasteiger partial charge in [0.15, 0.2) is 0 Å². The first kappa shape index (κ1) is 41.7. The average Bonchev–Trinajstić information content (AvgIpc) is 3.59. The fraction of sp³-hybridized carbons (Fsp3) is 0.811. The maximum absolute atomic E-state index is 11.3. The van der Waals surface area contributed by atoms with Gasteiger partial charge in [-0.3, -0.25) is 0 Å². The Labute approximate surface area is 284 Å². The maximum Gasteiger partial charge on any atom is 0.147 e. The summed E-state index contributed by atoms with van der Waals surface area (Å²) in [5.74, 6) is 0. The molecular formula is C37H64O10. The molecular weight excluding hydrogens is 604 g/mol. The number of rotatable bonds is 32. The fourth-order valence-electron chi connectivity index (χ4n) is 6.12. The molecule has 0 bridgehead atoms. The lowest BCUT2D eigenvalue weighted by Gasteiger charge is -2.30. The highest BCUT2D eigenvalue weighted by Crippen LogP contribution is 2.31. The third kappa shape index (κ3) is 18.8. The maximum atomic E-state index is 11.3. The highest BCUT2D eigenvalue weighted by molar-refractivity contribution is 5.49. The van der Waals surface area contributed by atoms with Crippen LogP contribution in [0.25, 0.3) is 0 Å². The zero-order valence-electron chi connectivity index (χ0n) is 29.7. The number of ether oxygens (including phenoxy) is 9. The second-order valence-corrected chi connectivity index (χ2v) is 12.4. The Morgan fingerprint density at radius 3 is 1.85 bits per heavy atom. The summed E-state index contributed by atoms with van der Waals surface area (Å²) in [6, 6.07) is 9.94. The summed E-state index contributed by atoms with van der Waals surface area (Å²) in [5.41, 5.74) is 1.06. The van der Waals surface area contributed by atoms with Crippen LogP contribution >= 0.6 is 0 Å². The van der Waals surface area contributed by atoms with E-state index in [0.29, 0.717) is 32.3 Å². The molecule has 0 radical (unpaired) electrons. The molecule has 47 heavy (non-hydrogen) atoms. The standard InChI is InChI=1S/C37H64O10/c1-5-6-7-8-9-10-11-15-19-33(43-27-39-2)36-23-24-37(47-36)35(45-29-41-4)22-21-34(44-28-40-3)32(20-16-25-38)46-30-42-26-31-17-13-12-14-18-31/h12-14,17-18,25,32-37H,5-11,15-16,19-24,26-30H2,1-4H3/t32-,33+,34+,35-,36-,37-/m1/s1. The van der Waals surface area contributed by atoms with Gasteiger partial charge in [0.1, 0.15) is 33.5 Å². The number of hydrogen-bond donors (Lipinski definition) is 0. The van der Waals surface area contributed by atoms with E-state index in [9.17, 15) is 4.79 Å². The first-order valence-corrected chi connectivity index (χ1v) is 17.8. The van der Waals surface area contributed by atoms with Crippen LogP contribution in [0.1, 0.15) is 109 Å². The van der Waals surface area contributed by atoms with Crippen molar-refractivity contribution in [1.82, 2.24) is 0 Å². The first-order valence-electron chi connectivity index (χ1n) is 17.8. The largest absolute Gasteiger partial charge is 0.370 e. The third-order valence-electron chi connectivity index (χ3n) is 8.65. The molecule has 1 aromatic rings. The van der Waals surface area contributed by atoms with Gasteiger partial charge in [-0.2, -0.15) is 0 Å². The number of benzene rings is 1. The minimum absolute atomic E-state index is 0.0145. The van der Waals surface area contributed by atoms with Gasteiger partial charge >= 0.3 is 0 Å². The Bertz CT molecular complexity index is 844. The van der Waals surface area contributed by atoms with Crippen molar-refractivity contribution in [3.05, 3.63) is 35.9 Å². The summed E-state index contributed by atoms with van der Waals surface area (Å²) >= 11 is 0. The van der Waals surface area contributed by atoms with Crippen molar-refractivity contribution >= 4 is 6.29 Å². The van der Waals surface area contributed by atoms with Gasteiger partial charge in [-0.25, -0.2) is 0 Å². The van der Waals surface area contributed by atoms with E-state index in [1.54, 1.807) is 21.3 Å². The van der Waals surface area contributed by atoms with Gasteiger partial charge in [0.25, 0.3) is 0 Å². The molecule has 10 heteroatoms. The number of hydrogen-bond acceptors (Lipinski definition) is 10. The zero-order chi connectivity index (χ0) is 33.8. The van der Waals surface area contributed by atoms with Gasteiger partial charge in [-0.1, -0.05) is 88.6 Å². The van der Waals surface area contributed by atoms with Crippen molar-refractivity contribution in [2.45, 2.75) is 146 Å². The molecule has 1 heterocycles. The number of carbonyl (C=O) groups is 1. The van der Waals surface area contributed by atoms with Crippen LogP contribution in [-0.2, 0) is 54.0 Å². The van der Waals surface area contributed by atoms with Crippen molar-refractivity contribution in [3.8, 4) is 0 Å². The van der Waals surface area contributed by atoms with Crippen LogP contribution in [0.2, 0.25) is 0 Å². The van der Waals surface area contributed by atoms with Crippen molar-refractivity contribution in [1.29, 1.82) is 0 Å². The number of aldehydes is 1. The van der Waals surface area contributed by atoms with Crippen LogP contribution in [0.3, 0.4) is 0 Å². The van der Waals surface area contributed by atoms with Crippen molar-refractivity contribution in [2.75, 3.05) is 48.5 Å². The molecule has 1 aliphatic rings. The molecule has 1 saturated heterocycles. The number of carbonyl (C=O) groups excluding carboxylic acids is 1. The smallest absolute Gasteiger partial charge is 0.147 e. The Balaban J connectivity index is 1.96. The second kappa shape index (κ2) is 28.4. The minimum Gasteiger partial charge on any atom is -0.370 e. The Morgan fingerprint density at radius 1 is 0.681 bits per heavy atom. The van der Waals surface area contributed by atoms with Crippen LogP contribution in [0, 0.1) is 0 Å². The summed E-state index contributed by atoms with van der Waals surface area (Å²) in [7, 11) is 4.87. The van der Waals surface area contributed by atoms with Crippen LogP contribution in [0.5, 0.6) is 0 Å². The molecule has 0 unspecified atom stereocenters. The molecule has 1 fully saturated rings. The normalized spacial score (nSPS) is 19.1. The molecule has 0 amide bonds. The van der Waals surface area contributed by atoms with E-state index < -0.39 is 0 Å². The van der Waals surface area contributed by atoms with Crippen LogP contribution in [0.15, 0.2) is 30.3 Å². The summed E-state index contributed by atoms with van der Waals surface area (Å²) in [6.45, 7) is 3.31. The van der Waals surface area contributed by atoms with Gasteiger partial charge in [0.2, 0.25) is 0 Å². The molecule has 0 N–H and O–H groups in total. The molecule has 2 rings (SSSR count). The van der Waals surface area contributed by atoms with Crippen LogP contribution in [-0.4, -0.2) is 91.4 Å². The zero-order valence-corrected chi connectivity index (χ0v) is 29.7. The SMILES string of the molecule is CCCCCCCCCC[C@H](OCOC)[C@H]1CC[C@H]([C@@H](CC[C@H](OCOC)[C@@H](CCC=O)OCOCc2ccccc2)OCOC)O1. The lowest BCUT2D eigenvalue weighted by Crippen LogP contribution is -2.37. The molecule has 6 atom stereocenters. The highest BCUT2D eigenvalue weighted by atomic mass is 16.7. The molecule has 0 aromatic heterocycles. The summed E-state index contributed by atoms with van der Waals surface area (Å²) in [5, 5.41) is 0. The number of unbranched alkanes of at least 4 members (excludes halogenated alkanes) is 7. The average molecular weight is 669 g/mol. The minimum atomic E-state index is -0.357. The predicted molar refractivity (Wildman–Crippen MR) is 181 cm³/mol. The topological polar surface area (TPSA) is 100 Å². The molecule has 10 nitrogen and oxygen atoms in total. The summed E-state index contributed by atoms with van der Waals surface area (Å²) in [4.78, 5) is 11.3. The molecule has 0 spiro atoms. The Hall–Kier alpha value is -1.47. The lowest BCUT2D eigenvalue weighted by atomic mass is 9.98. The molecule has 0 saturated carbocycles. The van der Waals surface area contributed by atoms with Gasteiger partial charge < -0.3 is 47.4 Å². The Morgan fingerprint density at radius 2 is 1.23 bits per heavy atom. The Kier molecular flexibility index (Phi) is 25.2. The molecule has 1 aromatic carbocycles. The second-order valence-electron chi connectivity index (χ2n) is 12.4. The van der Waals surface area contributed by atoms with Crippen LogP contribution < -0.4 is 0 Å². The van der Waals surface area contributed by atoms with E-state index in [4.69, 9.17) is 42.6 Å². The van der Waals surface area contributed by atoms with E-state index >= 15 is 0 Å². The monoisotopic (exact) mass is 668 g/mol. The van der Waals surface area contributed by atoms with E-state index in [0.717, 1.165) is 37.5 Å².